The van der Waals surface area contributed by atoms with E-state index in [4.69, 9.17) is 27.9 Å². The van der Waals surface area contributed by atoms with Gasteiger partial charge < -0.3 is 15.0 Å². The van der Waals surface area contributed by atoms with E-state index in [9.17, 15) is 14.4 Å². The second kappa shape index (κ2) is 9.96. The molecule has 2 aromatic rings. The van der Waals surface area contributed by atoms with Gasteiger partial charge in [0.2, 0.25) is 0 Å². The number of carbonyl (C=O) groups is 3. The molecule has 0 aliphatic carbocycles. The van der Waals surface area contributed by atoms with Crippen LogP contribution in [0.15, 0.2) is 42.5 Å². The lowest BCUT2D eigenvalue weighted by Gasteiger charge is -2.32. The fourth-order valence-corrected chi connectivity index (χ4v) is 3.76. The highest BCUT2D eigenvalue weighted by molar-refractivity contribution is 6.35. The second-order valence-corrected chi connectivity index (χ2v) is 8.03. The summed E-state index contributed by atoms with van der Waals surface area (Å²) in [4.78, 5) is 38.0. The average Bonchev–Trinajstić information content (AvgIpc) is 2.73. The van der Waals surface area contributed by atoms with E-state index < -0.39 is 5.97 Å². The van der Waals surface area contributed by atoms with Gasteiger partial charge in [-0.2, -0.15) is 0 Å². The number of hydrogen-bond acceptors (Lipinski definition) is 4. The minimum atomic E-state index is -0.429. The zero-order chi connectivity index (χ0) is 21.7. The lowest BCUT2D eigenvalue weighted by molar-refractivity contribution is -0.131. The summed E-state index contributed by atoms with van der Waals surface area (Å²) in [6.07, 6.45) is 1.55. The van der Waals surface area contributed by atoms with E-state index in [0.29, 0.717) is 46.6 Å². The normalized spacial score (nSPS) is 14.3. The number of carbonyl (C=O) groups excluding carboxylic acids is 3. The van der Waals surface area contributed by atoms with Crippen molar-refractivity contribution < 1.29 is 19.1 Å². The molecule has 0 spiro atoms. The number of nitrogens with one attached hydrogen (secondary N) is 1. The van der Waals surface area contributed by atoms with Crippen molar-refractivity contribution in [3.63, 3.8) is 0 Å². The molecule has 30 heavy (non-hydrogen) atoms. The van der Waals surface area contributed by atoms with E-state index in [-0.39, 0.29) is 17.7 Å². The fraction of sp³-hybridized carbons (Fsp3) is 0.318. The van der Waals surface area contributed by atoms with Crippen LogP contribution in [0.1, 0.15) is 40.5 Å². The molecule has 0 bridgehead atoms. The Bertz CT molecular complexity index is 956. The molecule has 0 radical (unpaired) electrons. The monoisotopic (exact) mass is 448 g/mol. The quantitative estimate of drug-likeness (QED) is 0.549. The van der Waals surface area contributed by atoms with Gasteiger partial charge in [-0.3, -0.25) is 14.4 Å². The van der Waals surface area contributed by atoms with Gasteiger partial charge in [0.1, 0.15) is 5.75 Å². The summed E-state index contributed by atoms with van der Waals surface area (Å²) < 4.78 is 5.05. The van der Waals surface area contributed by atoms with E-state index in [1.54, 1.807) is 47.4 Å². The Morgan fingerprint density at radius 2 is 1.83 bits per heavy atom. The van der Waals surface area contributed by atoms with Gasteiger partial charge in [-0.05, 0) is 55.2 Å². The summed E-state index contributed by atoms with van der Waals surface area (Å²) in [6, 6.07) is 11.4. The van der Waals surface area contributed by atoms with Crippen molar-refractivity contribution in [2.45, 2.75) is 19.8 Å². The first-order valence-corrected chi connectivity index (χ1v) is 10.4. The summed E-state index contributed by atoms with van der Waals surface area (Å²) in [5.74, 6) is -0.170. The summed E-state index contributed by atoms with van der Waals surface area (Å²) in [5, 5.41) is 3.71. The number of rotatable bonds is 5. The van der Waals surface area contributed by atoms with Crippen LogP contribution < -0.4 is 10.1 Å². The van der Waals surface area contributed by atoms with Gasteiger partial charge in [0, 0.05) is 37.1 Å². The smallest absolute Gasteiger partial charge is 0.308 e. The van der Waals surface area contributed by atoms with Crippen molar-refractivity contribution in [3.8, 4) is 5.75 Å². The van der Waals surface area contributed by atoms with E-state index in [2.05, 4.69) is 5.32 Å². The number of piperidine rings is 1. The zero-order valence-corrected chi connectivity index (χ0v) is 18.0. The van der Waals surface area contributed by atoms with Crippen molar-refractivity contribution in [1.29, 1.82) is 0 Å². The van der Waals surface area contributed by atoms with Crippen LogP contribution in [0.4, 0.5) is 0 Å². The van der Waals surface area contributed by atoms with Crippen molar-refractivity contribution in [2.75, 3.05) is 19.6 Å². The largest absolute Gasteiger partial charge is 0.427 e. The third-order valence-electron chi connectivity index (χ3n) is 4.97. The Morgan fingerprint density at radius 1 is 1.10 bits per heavy atom. The molecular formula is C22H22Cl2N2O4. The second-order valence-electron chi connectivity index (χ2n) is 7.19. The summed E-state index contributed by atoms with van der Waals surface area (Å²) in [5.41, 5.74) is 0.834. The predicted octanol–water partition coefficient (Wildman–Crippen LogP) is 4.20. The Morgan fingerprint density at radius 3 is 2.53 bits per heavy atom. The molecule has 158 valence electrons. The highest BCUT2D eigenvalue weighted by Gasteiger charge is 2.24. The third kappa shape index (κ3) is 5.74. The zero-order valence-electron chi connectivity index (χ0n) is 16.5. The van der Waals surface area contributed by atoms with E-state index in [1.807, 2.05) is 0 Å². The first-order valence-electron chi connectivity index (χ1n) is 9.64. The Labute approximate surface area is 185 Å². The van der Waals surface area contributed by atoms with E-state index in [1.165, 1.54) is 6.92 Å². The lowest BCUT2D eigenvalue weighted by atomic mass is 9.96. The van der Waals surface area contributed by atoms with Gasteiger partial charge in [0.15, 0.2) is 0 Å². The highest BCUT2D eigenvalue weighted by Crippen LogP contribution is 2.23. The molecule has 1 saturated heterocycles. The maximum atomic E-state index is 12.8. The number of amides is 2. The molecule has 0 aromatic heterocycles. The molecule has 0 saturated carbocycles. The van der Waals surface area contributed by atoms with Crippen molar-refractivity contribution in [3.05, 3.63) is 63.6 Å². The van der Waals surface area contributed by atoms with Gasteiger partial charge in [-0.25, -0.2) is 0 Å². The Kier molecular flexibility index (Phi) is 7.34. The van der Waals surface area contributed by atoms with Crippen LogP contribution in [-0.4, -0.2) is 42.3 Å². The molecule has 1 aliphatic heterocycles. The van der Waals surface area contributed by atoms with Crippen LogP contribution in [0.25, 0.3) is 0 Å². The molecule has 1 aliphatic rings. The number of hydrogen-bond donors (Lipinski definition) is 1. The van der Waals surface area contributed by atoms with Gasteiger partial charge >= 0.3 is 5.97 Å². The van der Waals surface area contributed by atoms with Crippen molar-refractivity contribution in [2.24, 2.45) is 5.92 Å². The maximum Gasteiger partial charge on any atom is 0.308 e. The number of nitrogens with zero attached hydrogens (tertiary/aromatic N) is 1. The lowest BCUT2D eigenvalue weighted by Crippen LogP contribution is -2.41. The molecule has 2 amide bonds. The standard InChI is InChI=1S/C22H22Cl2N2O4/c1-14(27)30-18-4-2-3-16(11-18)22(29)26-9-7-15(8-10-26)13-25-21(28)19-12-17(23)5-6-20(19)24/h2-6,11-12,15H,7-10,13H2,1H3,(H,25,28). The van der Waals surface area contributed by atoms with Gasteiger partial charge in [-0.15, -0.1) is 0 Å². The summed E-state index contributed by atoms with van der Waals surface area (Å²) in [7, 11) is 0. The maximum absolute atomic E-state index is 12.8. The molecule has 0 atom stereocenters. The third-order valence-corrected chi connectivity index (χ3v) is 5.53. The van der Waals surface area contributed by atoms with Crippen molar-refractivity contribution >= 4 is 41.0 Å². The topological polar surface area (TPSA) is 75.7 Å². The molecule has 2 aromatic carbocycles. The number of halogens is 2. The highest BCUT2D eigenvalue weighted by atomic mass is 35.5. The van der Waals surface area contributed by atoms with E-state index in [0.717, 1.165) is 12.8 Å². The average molecular weight is 449 g/mol. The number of benzene rings is 2. The molecular weight excluding hydrogens is 427 g/mol. The minimum absolute atomic E-state index is 0.0998. The van der Waals surface area contributed by atoms with Gasteiger partial charge in [0.25, 0.3) is 11.8 Å². The van der Waals surface area contributed by atoms with Crippen LogP contribution in [0, 0.1) is 5.92 Å². The summed E-state index contributed by atoms with van der Waals surface area (Å²) >= 11 is 12.0. The number of likely N-dealkylation sites (tertiary alicyclic amines) is 1. The summed E-state index contributed by atoms with van der Waals surface area (Å²) in [6.45, 7) is 3.01. The SMILES string of the molecule is CC(=O)Oc1cccc(C(=O)N2CCC(CNC(=O)c3cc(Cl)ccc3Cl)CC2)c1. The fourth-order valence-electron chi connectivity index (χ4n) is 3.39. The molecule has 0 unspecified atom stereocenters. The van der Waals surface area contributed by atoms with Gasteiger partial charge in [0.05, 0.1) is 10.6 Å². The minimum Gasteiger partial charge on any atom is -0.427 e. The predicted molar refractivity (Wildman–Crippen MR) is 115 cm³/mol. The molecule has 6 nitrogen and oxygen atoms in total. The Balaban J connectivity index is 1.51. The van der Waals surface area contributed by atoms with Crippen LogP contribution in [0.2, 0.25) is 10.0 Å². The first kappa shape index (κ1) is 22.1. The molecule has 8 heteroatoms. The van der Waals surface area contributed by atoms with Gasteiger partial charge in [-0.1, -0.05) is 29.3 Å². The van der Waals surface area contributed by atoms with E-state index >= 15 is 0 Å². The molecule has 1 N–H and O–H groups in total. The molecule has 1 heterocycles. The van der Waals surface area contributed by atoms with Crippen LogP contribution >= 0.6 is 23.2 Å². The number of esters is 1. The Hall–Kier alpha value is -2.57. The van der Waals surface area contributed by atoms with Crippen molar-refractivity contribution in [1.82, 2.24) is 10.2 Å². The van der Waals surface area contributed by atoms with Crippen LogP contribution in [-0.2, 0) is 4.79 Å². The van der Waals surface area contributed by atoms with Crippen LogP contribution in [0.3, 0.4) is 0 Å². The first-order chi connectivity index (χ1) is 14.3. The molecule has 1 fully saturated rings. The molecule has 3 rings (SSSR count). The van der Waals surface area contributed by atoms with Crippen LogP contribution in [0.5, 0.6) is 5.75 Å². The number of ether oxygens (including phenoxy) is 1.